The summed E-state index contributed by atoms with van der Waals surface area (Å²) in [6.45, 7) is 0. The fraction of sp³-hybridized carbons (Fsp3) is 0. The zero-order chi connectivity index (χ0) is 9.68. The average molecular weight is 220 g/mol. The number of oxime groups is 1. The Balaban J connectivity index is 2.50. The van der Waals surface area contributed by atoms with Crippen molar-refractivity contribution in [2.45, 2.75) is 0 Å². The Hall–Kier alpha value is -1.27. The number of aliphatic hydroxyl groups excluding tert-OH is 1. The van der Waals surface area contributed by atoms with Gasteiger partial charge in [0, 0.05) is 5.38 Å². The van der Waals surface area contributed by atoms with Crippen molar-refractivity contribution in [1.82, 2.24) is 4.98 Å². The molecule has 1 aromatic heterocycles. The summed E-state index contributed by atoms with van der Waals surface area (Å²) in [6, 6.07) is 0. The van der Waals surface area contributed by atoms with Gasteiger partial charge in [0.25, 0.3) is 0 Å². The van der Waals surface area contributed by atoms with E-state index < -0.39 is 5.95 Å². The van der Waals surface area contributed by atoms with Crippen LogP contribution in [0, 0.1) is 0 Å². The van der Waals surface area contributed by atoms with Gasteiger partial charge in [0.15, 0.2) is 5.13 Å². The summed E-state index contributed by atoms with van der Waals surface area (Å²) in [5, 5.41) is 14.2. The minimum Gasteiger partial charge on any atom is -0.479 e. The number of hydrogen-bond donors (Lipinski definition) is 2. The maximum atomic E-state index is 8.69. The van der Waals surface area contributed by atoms with Crippen LogP contribution in [0.1, 0.15) is 5.69 Å². The molecule has 0 saturated carbocycles. The number of thiazole rings is 1. The minimum absolute atomic E-state index is 0.443. The summed E-state index contributed by atoms with van der Waals surface area (Å²) in [4.78, 5) is 8.25. The van der Waals surface area contributed by atoms with Crippen LogP contribution in [0.5, 0.6) is 0 Å². The molecule has 0 aliphatic rings. The lowest BCUT2D eigenvalue weighted by Gasteiger charge is -1.90. The number of aliphatic hydroxyl groups is 1. The van der Waals surface area contributed by atoms with Gasteiger partial charge in [0.1, 0.15) is 0 Å². The molecular formula is C6H6ClN3O2S. The summed E-state index contributed by atoms with van der Waals surface area (Å²) < 4.78 is 0. The number of nitrogen functional groups attached to an aromatic ring is 1. The van der Waals surface area contributed by atoms with Crippen molar-refractivity contribution in [2.24, 2.45) is 5.16 Å². The summed E-state index contributed by atoms with van der Waals surface area (Å²) in [5.41, 5.74) is 6.77. The SMILES string of the molecule is Nc1nc(/C=N\O/C(O)=C/Cl)cs1. The zero-order valence-corrected chi connectivity index (χ0v) is 7.92. The lowest BCUT2D eigenvalue weighted by molar-refractivity contribution is 0.102. The zero-order valence-electron chi connectivity index (χ0n) is 6.35. The number of halogens is 1. The first-order valence-corrected chi connectivity index (χ1v) is 4.44. The van der Waals surface area contributed by atoms with E-state index in [2.05, 4.69) is 15.0 Å². The van der Waals surface area contributed by atoms with Gasteiger partial charge >= 0.3 is 5.95 Å². The number of rotatable bonds is 3. The van der Waals surface area contributed by atoms with Crippen molar-refractivity contribution < 1.29 is 9.94 Å². The highest BCUT2D eigenvalue weighted by atomic mass is 35.5. The molecule has 7 heteroatoms. The molecule has 0 aromatic carbocycles. The number of hydrogen-bond acceptors (Lipinski definition) is 6. The van der Waals surface area contributed by atoms with Gasteiger partial charge in [-0.25, -0.2) is 4.98 Å². The third kappa shape index (κ3) is 3.30. The lowest BCUT2D eigenvalue weighted by atomic mass is 10.6. The van der Waals surface area contributed by atoms with Gasteiger partial charge in [-0.05, 0) is 0 Å². The standard InChI is InChI=1S/C6H6ClN3O2S/c7-1-5(11)12-9-2-4-3-13-6(8)10-4/h1-3,11H,(H2,8,10)/b5-1+,9-2-. The highest BCUT2D eigenvalue weighted by Gasteiger charge is 1.94. The quantitative estimate of drug-likeness (QED) is 0.460. The minimum atomic E-state index is -0.485. The Morgan fingerprint density at radius 1 is 1.85 bits per heavy atom. The maximum Gasteiger partial charge on any atom is 0.318 e. The Labute approximate surface area is 83.1 Å². The molecule has 0 bridgehead atoms. The second kappa shape index (κ2) is 4.68. The van der Waals surface area contributed by atoms with Crippen LogP contribution in [0.25, 0.3) is 0 Å². The fourth-order valence-corrected chi connectivity index (χ4v) is 1.07. The third-order valence-electron chi connectivity index (χ3n) is 0.964. The molecule has 1 aromatic rings. The Bertz CT molecular complexity index is 336. The Morgan fingerprint density at radius 2 is 2.62 bits per heavy atom. The molecule has 1 rings (SSSR count). The van der Waals surface area contributed by atoms with Crippen molar-refractivity contribution >= 4 is 34.3 Å². The van der Waals surface area contributed by atoms with Crippen LogP contribution in [0.4, 0.5) is 5.13 Å². The predicted molar refractivity (Wildman–Crippen MR) is 51.8 cm³/mol. The first-order chi connectivity index (χ1) is 6.22. The first kappa shape index (κ1) is 9.82. The van der Waals surface area contributed by atoms with E-state index in [4.69, 9.17) is 22.4 Å². The van der Waals surface area contributed by atoms with Gasteiger partial charge < -0.3 is 15.7 Å². The summed E-state index contributed by atoms with van der Waals surface area (Å²) in [6.07, 6.45) is 1.31. The summed E-state index contributed by atoms with van der Waals surface area (Å²) >= 11 is 6.38. The second-order valence-corrected chi connectivity index (χ2v) is 2.99. The van der Waals surface area contributed by atoms with Gasteiger partial charge in [-0.1, -0.05) is 16.8 Å². The number of nitrogens with zero attached hydrogens (tertiary/aromatic N) is 2. The summed E-state index contributed by atoms with van der Waals surface area (Å²) in [7, 11) is 0. The van der Waals surface area contributed by atoms with E-state index in [0.717, 1.165) is 5.54 Å². The van der Waals surface area contributed by atoms with Crippen molar-refractivity contribution in [3.63, 3.8) is 0 Å². The van der Waals surface area contributed by atoms with Gasteiger partial charge in [-0.15, -0.1) is 11.3 Å². The highest BCUT2D eigenvalue weighted by molar-refractivity contribution is 7.13. The van der Waals surface area contributed by atoms with Crippen molar-refractivity contribution in [1.29, 1.82) is 0 Å². The first-order valence-electron chi connectivity index (χ1n) is 3.13. The molecule has 13 heavy (non-hydrogen) atoms. The number of anilines is 1. The van der Waals surface area contributed by atoms with Gasteiger partial charge in [0.2, 0.25) is 0 Å². The Morgan fingerprint density at radius 3 is 3.15 bits per heavy atom. The number of aromatic nitrogens is 1. The molecule has 0 amide bonds. The molecule has 0 spiro atoms. The van der Waals surface area contributed by atoms with E-state index >= 15 is 0 Å². The number of nitrogens with two attached hydrogens (primary N) is 1. The van der Waals surface area contributed by atoms with E-state index in [9.17, 15) is 0 Å². The molecule has 0 radical (unpaired) electrons. The van der Waals surface area contributed by atoms with Gasteiger partial charge in [-0.2, -0.15) is 0 Å². The van der Waals surface area contributed by atoms with E-state index in [1.165, 1.54) is 17.6 Å². The smallest absolute Gasteiger partial charge is 0.318 e. The normalized spacial score (nSPS) is 12.2. The van der Waals surface area contributed by atoms with Crippen LogP contribution in [0.2, 0.25) is 0 Å². The fourth-order valence-electron chi connectivity index (χ4n) is 0.514. The van der Waals surface area contributed by atoms with Crippen LogP contribution >= 0.6 is 22.9 Å². The molecule has 0 atom stereocenters. The molecule has 0 aliphatic heterocycles. The molecular weight excluding hydrogens is 214 g/mol. The van der Waals surface area contributed by atoms with Crippen LogP contribution in [-0.2, 0) is 4.84 Å². The van der Waals surface area contributed by atoms with Crippen LogP contribution in [0.3, 0.4) is 0 Å². The average Bonchev–Trinajstić information content (AvgIpc) is 2.51. The molecule has 3 N–H and O–H groups in total. The molecule has 1 heterocycles. The van der Waals surface area contributed by atoms with E-state index in [-0.39, 0.29) is 0 Å². The van der Waals surface area contributed by atoms with E-state index in [0.29, 0.717) is 10.8 Å². The predicted octanol–water partition coefficient (Wildman–Crippen LogP) is 1.67. The summed E-state index contributed by atoms with van der Waals surface area (Å²) in [5.74, 6) is -0.485. The van der Waals surface area contributed by atoms with Crippen LogP contribution in [0.15, 0.2) is 22.0 Å². The van der Waals surface area contributed by atoms with E-state index in [1.54, 1.807) is 5.38 Å². The molecule has 0 saturated heterocycles. The third-order valence-corrected chi connectivity index (χ3v) is 1.84. The Kier molecular flexibility index (Phi) is 3.53. The van der Waals surface area contributed by atoms with Crippen LogP contribution < -0.4 is 5.73 Å². The molecule has 5 nitrogen and oxygen atoms in total. The second-order valence-electron chi connectivity index (χ2n) is 1.88. The molecule has 0 aliphatic carbocycles. The lowest BCUT2D eigenvalue weighted by Crippen LogP contribution is -1.87. The van der Waals surface area contributed by atoms with Crippen molar-refractivity contribution in [2.75, 3.05) is 5.73 Å². The molecule has 0 unspecified atom stereocenters. The van der Waals surface area contributed by atoms with E-state index in [1.807, 2.05) is 0 Å². The molecule has 70 valence electrons. The van der Waals surface area contributed by atoms with Gasteiger partial charge in [0.05, 0.1) is 17.4 Å². The largest absolute Gasteiger partial charge is 0.479 e. The topological polar surface area (TPSA) is 80.7 Å². The van der Waals surface area contributed by atoms with Gasteiger partial charge in [-0.3, -0.25) is 0 Å². The van der Waals surface area contributed by atoms with Crippen LogP contribution in [-0.4, -0.2) is 16.3 Å². The monoisotopic (exact) mass is 219 g/mol. The molecule has 0 fully saturated rings. The highest BCUT2D eigenvalue weighted by Crippen LogP contribution is 2.08. The van der Waals surface area contributed by atoms with Crippen molar-refractivity contribution in [3.05, 3.63) is 22.6 Å². The van der Waals surface area contributed by atoms with Crippen molar-refractivity contribution in [3.8, 4) is 0 Å². The maximum absolute atomic E-state index is 8.69.